The lowest BCUT2D eigenvalue weighted by atomic mass is 10.0. The molecule has 26 heavy (non-hydrogen) atoms. The molecular weight excluding hydrogens is 332 g/mol. The van der Waals surface area contributed by atoms with Gasteiger partial charge in [0.15, 0.2) is 6.61 Å². The summed E-state index contributed by atoms with van der Waals surface area (Å²) >= 11 is 0. The molecule has 2 aliphatic heterocycles. The lowest BCUT2D eigenvalue weighted by molar-refractivity contribution is -0.155. The Morgan fingerprint density at radius 2 is 1.92 bits per heavy atom. The van der Waals surface area contributed by atoms with Gasteiger partial charge in [0.25, 0.3) is 5.91 Å². The number of piperidine rings is 1. The average Bonchev–Trinajstić information content (AvgIpc) is 3.02. The topological polar surface area (TPSA) is 66.9 Å². The summed E-state index contributed by atoms with van der Waals surface area (Å²) in [6, 6.07) is 7.63. The quantitative estimate of drug-likeness (QED) is 0.774. The number of rotatable bonds is 4. The summed E-state index contributed by atoms with van der Waals surface area (Å²) < 4.78 is 5.22. The van der Waals surface area contributed by atoms with Crippen molar-refractivity contribution >= 4 is 23.5 Å². The van der Waals surface area contributed by atoms with Crippen LogP contribution in [0.15, 0.2) is 24.3 Å². The highest BCUT2D eigenvalue weighted by Gasteiger charge is 2.36. The molecule has 6 heteroatoms. The fraction of sp³-hybridized carbons (Fsp3) is 0.550. The number of amides is 2. The molecule has 2 atom stereocenters. The van der Waals surface area contributed by atoms with Crippen LogP contribution in [-0.2, 0) is 19.1 Å². The third-order valence-corrected chi connectivity index (χ3v) is 5.15. The molecule has 2 aliphatic rings. The van der Waals surface area contributed by atoms with Gasteiger partial charge in [-0.15, -0.1) is 0 Å². The zero-order valence-corrected chi connectivity index (χ0v) is 15.4. The van der Waals surface area contributed by atoms with Gasteiger partial charge < -0.3 is 14.5 Å². The van der Waals surface area contributed by atoms with E-state index in [4.69, 9.17) is 4.74 Å². The Morgan fingerprint density at radius 1 is 1.19 bits per heavy atom. The Bertz CT molecular complexity index is 686. The first-order valence-electron chi connectivity index (χ1n) is 9.25. The van der Waals surface area contributed by atoms with E-state index in [0.717, 1.165) is 37.2 Å². The number of hydrogen-bond acceptors (Lipinski definition) is 4. The number of hydrogen-bond donors (Lipinski definition) is 0. The van der Waals surface area contributed by atoms with Crippen molar-refractivity contribution < 1.29 is 19.1 Å². The van der Waals surface area contributed by atoms with Gasteiger partial charge in [0, 0.05) is 31.7 Å². The SMILES string of the molecule is Cc1ccc(N2C[C@H](C(=O)OCC(=O)N3CCC[C@H](C)C3)CC2=O)cc1. The maximum absolute atomic E-state index is 12.3. The summed E-state index contributed by atoms with van der Waals surface area (Å²) in [6.45, 7) is 5.62. The lowest BCUT2D eigenvalue weighted by Gasteiger charge is -2.30. The summed E-state index contributed by atoms with van der Waals surface area (Å²) in [6.07, 6.45) is 2.24. The minimum atomic E-state index is -0.517. The molecule has 0 saturated carbocycles. The lowest BCUT2D eigenvalue weighted by Crippen LogP contribution is -2.41. The van der Waals surface area contributed by atoms with Crippen LogP contribution in [-0.4, -0.2) is 48.9 Å². The molecule has 3 rings (SSSR count). The molecule has 0 radical (unpaired) electrons. The van der Waals surface area contributed by atoms with Crippen molar-refractivity contribution in [3.63, 3.8) is 0 Å². The molecule has 6 nitrogen and oxygen atoms in total. The van der Waals surface area contributed by atoms with Crippen molar-refractivity contribution in [1.29, 1.82) is 0 Å². The third-order valence-electron chi connectivity index (χ3n) is 5.15. The molecule has 0 bridgehead atoms. The molecular formula is C20H26N2O4. The van der Waals surface area contributed by atoms with E-state index in [9.17, 15) is 14.4 Å². The molecule has 2 amide bonds. The Hall–Kier alpha value is -2.37. The second kappa shape index (κ2) is 7.89. The van der Waals surface area contributed by atoms with Crippen molar-refractivity contribution in [2.75, 3.05) is 31.1 Å². The first-order valence-corrected chi connectivity index (χ1v) is 9.25. The molecule has 0 spiro atoms. The van der Waals surface area contributed by atoms with E-state index in [1.165, 1.54) is 0 Å². The van der Waals surface area contributed by atoms with Crippen molar-refractivity contribution in [2.24, 2.45) is 11.8 Å². The highest BCUT2D eigenvalue weighted by molar-refractivity contribution is 5.99. The Morgan fingerprint density at radius 3 is 2.62 bits per heavy atom. The summed E-state index contributed by atoms with van der Waals surface area (Å²) in [5.41, 5.74) is 1.90. The molecule has 2 fully saturated rings. The van der Waals surface area contributed by atoms with Gasteiger partial charge in [0.1, 0.15) is 0 Å². The second-order valence-corrected chi connectivity index (χ2v) is 7.44. The molecule has 1 aromatic carbocycles. The second-order valence-electron chi connectivity index (χ2n) is 7.44. The number of likely N-dealkylation sites (tertiary alicyclic amines) is 1. The fourth-order valence-electron chi connectivity index (χ4n) is 3.60. The van der Waals surface area contributed by atoms with Crippen LogP contribution < -0.4 is 4.90 Å². The molecule has 1 aromatic rings. The molecule has 0 N–H and O–H groups in total. The van der Waals surface area contributed by atoms with Gasteiger partial charge in [-0.3, -0.25) is 14.4 Å². The summed E-state index contributed by atoms with van der Waals surface area (Å²) in [5, 5.41) is 0. The van der Waals surface area contributed by atoms with Gasteiger partial charge in [-0.05, 0) is 37.8 Å². The number of anilines is 1. The number of benzene rings is 1. The third kappa shape index (κ3) is 4.23. The number of carbonyl (C=O) groups is 3. The Balaban J connectivity index is 1.51. The number of ether oxygens (including phenoxy) is 1. The maximum Gasteiger partial charge on any atom is 0.311 e. The minimum Gasteiger partial charge on any atom is -0.455 e. The van der Waals surface area contributed by atoms with Crippen molar-refractivity contribution in [2.45, 2.75) is 33.1 Å². The van der Waals surface area contributed by atoms with E-state index < -0.39 is 11.9 Å². The summed E-state index contributed by atoms with van der Waals surface area (Å²) in [5.74, 6) is -0.737. The smallest absolute Gasteiger partial charge is 0.311 e. The number of aryl methyl sites for hydroxylation is 1. The van der Waals surface area contributed by atoms with Gasteiger partial charge in [-0.1, -0.05) is 24.6 Å². The van der Waals surface area contributed by atoms with Crippen LogP contribution in [0.3, 0.4) is 0 Å². The molecule has 140 valence electrons. The number of nitrogens with zero attached hydrogens (tertiary/aromatic N) is 2. The highest BCUT2D eigenvalue weighted by atomic mass is 16.5. The van der Waals surface area contributed by atoms with E-state index in [1.807, 2.05) is 31.2 Å². The number of esters is 1. The maximum atomic E-state index is 12.3. The zero-order chi connectivity index (χ0) is 18.7. The fourth-order valence-corrected chi connectivity index (χ4v) is 3.60. The largest absolute Gasteiger partial charge is 0.455 e. The van der Waals surface area contributed by atoms with Crippen molar-refractivity contribution in [1.82, 2.24) is 4.90 Å². The summed E-state index contributed by atoms with van der Waals surface area (Å²) in [7, 11) is 0. The van der Waals surface area contributed by atoms with Gasteiger partial charge in [-0.2, -0.15) is 0 Å². The average molecular weight is 358 g/mol. The van der Waals surface area contributed by atoms with Crippen LogP contribution in [0.5, 0.6) is 0 Å². The Kier molecular flexibility index (Phi) is 5.59. The normalized spacial score (nSPS) is 23.2. The zero-order valence-electron chi connectivity index (χ0n) is 15.4. The van der Waals surface area contributed by atoms with Crippen molar-refractivity contribution in [3.8, 4) is 0 Å². The van der Waals surface area contributed by atoms with E-state index in [1.54, 1.807) is 9.80 Å². The minimum absolute atomic E-state index is 0.0908. The van der Waals surface area contributed by atoms with Gasteiger partial charge in [0.05, 0.1) is 5.92 Å². The predicted octanol–water partition coefficient (Wildman–Crippen LogP) is 2.15. The van der Waals surface area contributed by atoms with Crippen LogP contribution in [0.1, 0.15) is 31.7 Å². The van der Waals surface area contributed by atoms with Crippen LogP contribution in [0.2, 0.25) is 0 Å². The van der Waals surface area contributed by atoms with Gasteiger partial charge >= 0.3 is 5.97 Å². The molecule has 0 aromatic heterocycles. The molecule has 2 heterocycles. The standard InChI is InChI=1S/C20H26N2O4/c1-14-5-7-17(8-6-14)22-12-16(10-18(22)23)20(25)26-13-19(24)21-9-3-4-15(2)11-21/h5-8,15-16H,3-4,9-13H2,1-2H3/t15-,16+/m0/s1. The van der Waals surface area contributed by atoms with Gasteiger partial charge in [0.2, 0.25) is 5.91 Å². The van der Waals surface area contributed by atoms with E-state index >= 15 is 0 Å². The monoisotopic (exact) mass is 358 g/mol. The first kappa shape index (κ1) is 18.4. The summed E-state index contributed by atoms with van der Waals surface area (Å²) in [4.78, 5) is 40.1. The van der Waals surface area contributed by atoms with E-state index in [-0.39, 0.29) is 24.8 Å². The molecule has 0 unspecified atom stereocenters. The van der Waals surface area contributed by atoms with Crippen LogP contribution in [0.25, 0.3) is 0 Å². The number of carbonyl (C=O) groups excluding carboxylic acids is 3. The highest BCUT2D eigenvalue weighted by Crippen LogP contribution is 2.26. The van der Waals surface area contributed by atoms with E-state index in [2.05, 4.69) is 6.92 Å². The predicted molar refractivity (Wildman–Crippen MR) is 97.6 cm³/mol. The Labute approximate surface area is 154 Å². The molecule has 2 saturated heterocycles. The van der Waals surface area contributed by atoms with Crippen LogP contribution in [0, 0.1) is 18.8 Å². The van der Waals surface area contributed by atoms with Crippen molar-refractivity contribution in [3.05, 3.63) is 29.8 Å². The van der Waals surface area contributed by atoms with E-state index in [0.29, 0.717) is 12.5 Å². The molecule has 0 aliphatic carbocycles. The van der Waals surface area contributed by atoms with Gasteiger partial charge in [-0.25, -0.2) is 0 Å². The van der Waals surface area contributed by atoms with Crippen LogP contribution >= 0.6 is 0 Å². The first-order chi connectivity index (χ1) is 12.4. The van der Waals surface area contributed by atoms with Crippen LogP contribution in [0.4, 0.5) is 5.69 Å².